The van der Waals surface area contributed by atoms with E-state index in [4.69, 9.17) is 4.74 Å². The van der Waals surface area contributed by atoms with Crippen molar-refractivity contribution in [2.24, 2.45) is 0 Å². The van der Waals surface area contributed by atoms with Crippen LogP contribution in [0.5, 0.6) is 0 Å². The average molecular weight is 301 g/mol. The van der Waals surface area contributed by atoms with E-state index in [1.165, 1.54) is 13.2 Å². The molecule has 0 atom stereocenters. The monoisotopic (exact) mass is 301 g/mol. The van der Waals surface area contributed by atoms with E-state index in [2.05, 4.69) is 0 Å². The summed E-state index contributed by atoms with van der Waals surface area (Å²) in [5, 5.41) is 0. The number of fused-ring (bicyclic) bond motifs is 1. The van der Waals surface area contributed by atoms with Crippen molar-refractivity contribution in [2.45, 2.75) is 25.8 Å². The summed E-state index contributed by atoms with van der Waals surface area (Å²) in [5.74, 6) is -0.813. The van der Waals surface area contributed by atoms with Crippen molar-refractivity contribution in [3.8, 4) is 0 Å². The van der Waals surface area contributed by atoms with Gasteiger partial charge >= 0.3 is 5.97 Å². The molecule has 0 unspecified atom stereocenters. The quantitative estimate of drug-likeness (QED) is 0.817. The average Bonchev–Trinajstić information content (AvgIpc) is 3.01. The number of hydrogen-bond donors (Lipinski definition) is 0. The summed E-state index contributed by atoms with van der Waals surface area (Å²) in [6, 6.07) is 7.89. The molecule has 0 bridgehead atoms. The predicted octanol–water partition coefficient (Wildman–Crippen LogP) is 2.31. The van der Waals surface area contributed by atoms with Crippen molar-refractivity contribution in [1.82, 2.24) is 4.57 Å². The van der Waals surface area contributed by atoms with E-state index < -0.39 is 5.97 Å². The third-order valence-corrected chi connectivity index (χ3v) is 4.01. The van der Waals surface area contributed by atoms with E-state index in [0.717, 1.165) is 6.42 Å². The molecule has 2 aromatic rings. The second-order valence-corrected chi connectivity index (χ2v) is 5.35. The molecule has 0 saturated heterocycles. The number of nitrogens with zero attached hydrogens (tertiary/aromatic N) is 1. The van der Waals surface area contributed by atoms with Crippen molar-refractivity contribution in [3.63, 3.8) is 0 Å². The molecule has 3 rings (SSSR count). The normalized spacial score (nSPS) is 13.0. The largest absolute Gasteiger partial charge is 0.465 e. The van der Waals surface area contributed by atoms with Crippen LogP contribution in [0.15, 0.2) is 35.1 Å². The Kier molecular flexibility index (Phi) is 3.79. The molecule has 0 spiro atoms. The minimum Gasteiger partial charge on any atom is -0.465 e. The topological polar surface area (TPSA) is 48.3 Å². The van der Waals surface area contributed by atoms with Crippen LogP contribution in [-0.4, -0.2) is 17.6 Å². The molecule has 4 nitrogen and oxygen atoms in total. The fourth-order valence-corrected chi connectivity index (χ4v) is 2.93. The summed E-state index contributed by atoms with van der Waals surface area (Å²) in [4.78, 5) is 24.5. The van der Waals surface area contributed by atoms with Gasteiger partial charge in [0.25, 0.3) is 5.56 Å². The van der Waals surface area contributed by atoms with Crippen molar-refractivity contribution >= 4 is 5.97 Å². The van der Waals surface area contributed by atoms with Crippen LogP contribution in [0.1, 0.15) is 33.6 Å². The Balaban J connectivity index is 2.11. The smallest absolute Gasteiger partial charge is 0.339 e. The molecule has 114 valence electrons. The zero-order valence-corrected chi connectivity index (χ0v) is 12.3. The van der Waals surface area contributed by atoms with E-state index in [1.54, 1.807) is 28.8 Å². The van der Waals surface area contributed by atoms with Crippen LogP contribution in [0.4, 0.5) is 4.39 Å². The number of halogens is 1. The Bertz CT molecular complexity index is 795. The van der Waals surface area contributed by atoms with Crippen molar-refractivity contribution in [3.05, 3.63) is 68.9 Å². The molecule has 1 aliphatic rings. The van der Waals surface area contributed by atoms with Crippen LogP contribution in [0, 0.1) is 5.82 Å². The van der Waals surface area contributed by atoms with Gasteiger partial charge in [0.05, 0.1) is 12.7 Å². The van der Waals surface area contributed by atoms with E-state index in [9.17, 15) is 14.0 Å². The highest BCUT2D eigenvalue weighted by molar-refractivity contribution is 5.90. The van der Waals surface area contributed by atoms with Gasteiger partial charge in [-0.15, -0.1) is 0 Å². The molecule has 22 heavy (non-hydrogen) atoms. The minimum absolute atomic E-state index is 0.150. The van der Waals surface area contributed by atoms with E-state index >= 15 is 0 Å². The number of methoxy groups -OCH3 is 1. The Morgan fingerprint density at radius 3 is 2.82 bits per heavy atom. The third kappa shape index (κ3) is 2.43. The molecule has 0 N–H and O–H groups in total. The maximum atomic E-state index is 13.8. The molecule has 5 heteroatoms. The first kappa shape index (κ1) is 14.5. The first-order valence-electron chi connectivity index (χ1n) is 7.19. The van der Waals surface area contributed by atoms with Gasteiger partial charge in [0, 0.05) is 24.2 Å². The van der Waals surface area contributed by atoms with Crippen molar-refractivity contribution in [2.75, 3.05) is 7.11 Å². The first-order chi connectivity index (χ1) is 10.6. The Labute approximate surface area is 127 Å². The SMILES string of the molecule is COC(=O)c1cc(Cc2ccccc2F)c(=O)n2c1CCC2. The van der Waals surface area contributed by atoms with Crippen molar-refractivity contribution in [1.29, 1.82) is 0 Å². The van der Waals surface area contributed by atoms with Gasteiger partial charge in [0.2, 0.25) is 0 Å². The van der Waals surface area contributed by atoms with Crippen molar-refractivity contribution < 1.29 is 13.9 Å². The van der Waals surface area contributed by atoms with Crippen LogP contribution in [0.3, 0.4) is 0 Å². The highest BCUT2D eigenvalue weighted by Gasteiger charge is 2.23. The second-order valence-electron chi connectivity index (χ2n) is 5.35. The highest BCUT2D eigenvalue weighted by atomic mass is 19.1. The molecule has 1 aliphatic heterocycles. The minimum atomic E-state index is -0.458. The fraction of sp³-hybridized carbons (Fsp3) is 0.294. The number of ether oxygens (including phenoxy) is 1. The molecular weight excluding hydrogens is 285 g/mol. The summed E-state index contributed by atoms with van der Waals surface area (Å²) in [6.07, 6.45) is 1.66. The van der Waals surface area contributed by atoms with Gasteiger partial charge in [-0.2, -0.15) is 0 Å². The van der Waals surface area contributed by atoms with E-state index in [1.807, 2.05) is 0 Å². The predicted molar refractivity (Wildman–Crippen MR) is 79.6 cm³/mol. The molecule has 0 amide bonds. The van der Waals surface area contributed by atoms with Gasteiger partial charge in [-0.3, -0.25) is 4.79 Å². The molecule has 1 aromatic heterocycles. The summed E-state index contributed by atoms with van der Waals surface area (Å²) >= 11 is 0. The Morgan fingerprint density at radius 1 is 1.32 bits per heavy atom. The molecule has 0 saturated carbocycles. The molecule has 0 fully saturated rings. The number of esters is 1. The lowest BCUT2D eigenvalue weighted by Gasteiger charge is -2.12. The lowest BCUT2D eigenvalue weighted by molar-refractivity contribution is 0.0598. The summed E-state index contributed by atoms with van der Waals surface area (Å²) in [7, 11) is 1.32. The standard InChI is InChI=1S/C17H16FNO3/c1-22-17(21)13-10-12(9-11-5-2-3-6-14(11)18)16(20)19-8-4-7-15(13)19/h2-3,5-6,10H,4,7-9H2,1H3. The number of hydrogen-bond acceptors (Lipinski definition) is 3. The highest BCUT2D eigenvalue weighted by Crippen LogP contribution is 2.20. The van der Waals surface area contributed by atoms with Gasteiger partial charge in [0.1, 0.15) is 5.82 Å². The lowest BCUT2D eigenvalue weighted by Crippen LogP contribution is -2.26. The van der Waals surface area contributed by atoms with Crippen LogP contribution >= 0.6 is 0 Å². The number of carbonyl (C=O) groups excluding carboxylic acids is 1. The maximum absolute atomic E-state index is 13.8. The number of rotatable bonds is 3. The molecule has 2 heterocycles. The molecular formula is C17H16FNO3. The van der Waals surface area contributed by atoms with E-state index in [-0.39, 0.29) is 17.8 Å². The van der Waals surface area contributed by atoms with Gasteiger partial charge in [0.15, 0.2) is 0 Å². The van der Waals surface area contributed by atoms with Crippen LogP contribution in [0.2, 0.25) is 0 Å². The lowest BCUT2D eigenvalue weighted by atomic mass is 10.0. The number of pyridine rings is 1. The van der Waals surface area contributed by atoms with Crippen LogP contribution in [-0.2, 0) is 24.1 Å². The molecule has 0 radical (unpaired) electrons. The Hall–Kier alpha value is -2.43. The number of carbonyl (C=O) groups is 1. The van der Waals surface area contributed by atoms with Gasteiger partial charge in [-0.1, -0.05) is 18.2 Å². The van der Waals surface area contributed by atoms with Gasteiger partial charge in [-0.05, 0) is 30.5 Å². The second kappa shape index (κ2) is 5.75. The zero-order chi connectivity index (χ0) is 15.7. The third-order valence-electron chi connectivity index (χ3n) is 4.01. The van der Waals surface area contributed by atoms with Crippen LogP contribution < -0.4 is 5.56 Å². The summed E-state index contributed by atoms with van der Waals surface area (Å²) < 4.78 is 20.2. The summed E-state index contributed by atoms with van der Waals surface area (Å²) in [6.45, 7) is 0.587. The number of aromatic nitrogens is 1. The van der Waals surface area contributed by atoms with Gasteiger partial charge in [-0.25, -0.2) is 9.18 Å². The summed E-state index contributed by atoms with van der Waals surface area (Å²) in [5.41, 5.74) is 1.83. The van der Waals surface area contributed by atoms with Gasteiger partial charge < -0.3 is 9.30 Å². The maximum Gasteiger partial charge on any atom is 0.339 e. The fourth-order valence-electron chi connectivity index (χ4n) is 2.93. The molecule has 1 aromatic carbocycles. The number of benzene rings is 1. The zero-order valence-electron chi connectivity index (χ0n) is 12.3. The first-order valence-corrected chi connectivity index (χ1v) is 7.19. The van der Waals surface area contributed by atoms with Crippen LogP contribution in [0.25, 0.3) is 0 Å². The molecule has 0 aliphatic carbocycles. The van der Waals surface area contributed by atoms with E-state index in [0.29, 0.717) is 35.3 Å². The Morgan fingerprint density at radius 2 is 2.09 bits per heavy atom.